The number of carbonyl (C=O) groups is 2. The van der Waals surface area contributed by atoms with E-state index in [1.54, 1.807) is 14.0 Å². The van der Waals surface area contributed by atoms with Crippen molar-refractivity contribution in [1.29, 1.82) is 0 Å². The summed E-state index contributed by atoms with van der Waals surface area (Å²) >= 11 is 0. The standard InChI is InChI=1S/C15H21NO4/c1-4-19-15(18)11-16(3)14(17)8-9-20-13-7-5-6-12(2)10-13/h5-7,10H,4,8-9,11H2,1-3H3. The summed E-state index contributed by atoms with van der Waals surface area (Å²) in [4.78, 5) is 24.4. The molecule has 0 N–H and O–H groups in total. The number of benzene rings is 1. The van der Waals surface area contributed by atoms with Crippen LogP contribution in [0.4, 0.5) is 0 Å². The number of nitrogens with zero attached hydrogens (tertiary/aromatic N) is 1. The third-order valence-corrected chi connectivity index (χ3v) is 2.67. The van der Waals surface area contributed by atoms with E-state index in [1.807, 2.05) is 31.2 Å². The fourth-order valence-corrected chi connectivity index (χ4v) is 1.64. The van der Waals surface area contributed by atoms with Crippen LogP contribution in [0, 0.1) is 6.92 Å². The van der Waals surface area contributed by atoms with Gasteiger partial charge in [-0.25, -0.2) is 0 Å². The molecule has 0 aliphatic rings. The molecular weight excluding hydrogens is 258 g/mol. The van der Waals surface area contributed by atoms with Gasteiger partial charge in [0.2, 0.25) is 5.91 Å². The number of carbonyl (C=O) groups excluding carboxylic acids is 2. The first kappa shape index (κ1) is 16.0. The first-order chi connectivity index (χ1) is 9.52. The number of hydrogen-bond acceptors (Lipinski definition) is 4. The van der Waals surface area contributed by atoms with Crippen LogP contribution in [0.5, 0.6) is 5.75 Å². The Hall–Kier alpha value is -2.04. The number of rotatable bonds is 7. The second kappa shape index (κ2) is 8.19. The normalized spacial score (nSPS) is 9.95. The number of aryl methyl sites for hydroxylation is 1. The van der Waals surface area contributed by atoms with Gasteiger partial charge in [-0.05, 0) is 31.5 Å². The van der Waals surface area contributed by atoms with Crippen LogP contribution in [0.25, 0.3) is 0 Å². The van der Waals surface area contributed by atoms with Gasteiger partial charge in [0.05, 0.1) is 19.6 Å². The van der Waals surface area contributed by atoms with Crippen molar-refractivity contribution in [2.24, 2.45) is 0 Å². The van der Waals surface area contributed by atoms with E-state index in [-0.39, 0.29) is 25.5 Å². The van der Waals surface area contributed by atoms with Gasteiger partial charge in [0.1, 0.15) is 12.3 Å². The van der Waals surface area contributed by atoms with Crippen LogP contribution in [0.1, 0.15) is 18.9 Å². The molecule has 1 aromatic carbocycles. The third kappa shape index (κ3) is 5.73. The molecule has 0 aliphatic heterocycles. The monoisotopic (exact) mass is 279 g/mol. The second-order valence-corrected chi connectivity index (χ2v) is 4.47. The molecule has 5 heteroatoms. The maximum absolute atomic E-state index is 11.8. The summed E-state index contributed by atoms with van der Waals surface area (Å²) in [6.07, 6.45) is 0.226. The van der Waals surface area contributed by atoms with Crippen LogP contribution in [0.15, 0.2) is 24.3 Å². The molecule has 0 spiro atoms. The van der Waals surface area contributed by atoms with E-state index in [0.29, 0.717) is 6.61 Å². The molecular formula is C15H21NO4. The van der Waals surface area contributed by atoms with Crippen molar-refractivity contribution < 1.29 is 19.1 Å². The van der Waals surface area contributed by atoms with Gasteiger partial charge in [0, 0.05) is 7.05 Å². The maximum atomic E-state index is 11.8. The van der Waals surface area contributed by atoms with Gasteiger partial charge in [0.15, 0.2) is 0 Å². The smallest absolute Gasteiger partial charge is 0.325 e. The average molecular weight is 279 g/mol. The molecule has 1 amide bonds. The SMILES string of the molecule is CCOC(=O)CN(C)C(=O)CCOc1cccc(C)c1. The summed E-state index contributed by atoms with van der Waals surface area (Å²) in [5.41, 5.74) is 1.10. The predicted molar refractivity (Wildman–Crippen MR) is 75.6 cm³/mol. The summed E-state index contributed by atoms with van der Waals surface area (Å²) in [5.74, 6) is 0.194. The van der Waals surface area contributed by atoms with Gasteiger partial charge in [0.25, 0.3) is 0 Å². The summed E-state index contributed by atoms with van der Waals surface area (Å²) in [7, 11) is 1.58. The zero-order valence-electron chi connectivity index (χ0n) is 12.2. The van der Waals surface area contributed by atoms with Crippen molar-refractivity contribution in [3.8, 4) is 5.75 Å². The van der Waals surface area contributed by atoms with E-state index >= 15 is 0 Å². The zero-order valence-corrected chi connectivity index (χ0v) is 12.2. The summed E-state index contributed by atoms with van der Waals surface area (Å²) in [5, 5.41) is 0. The molecule has 0 saturated carbocycles. The Morgan fingerprint density at radius 1 is 1.30 bits per heavy atom. The van der Waals surface area contributed by atoms with Crippen LogP contribution in [0.2, 0.25) is 0 Å². The minimum atomic E-state index is -0.400. The number of ether oxygens (including phenoxy) is 2. The lowest BCUT2D eigenvalue weighted by Gasteiger charge is -2.16. The topological polar surface area (TPSA) is 55.8 Å². The third-order valence-electron chi connectivity index (χ3n) is 2.67. The molecule has 5 nitrogen and oxygen atoms in total. The fraction of sp³-hybridized carbons (Fsp3) is 0.467. The van der Waals surface area contributed by atoms with Crippen LogP contribution >= 0.6 is 0 Å². The minimum absolute atomic E-state index is 0.0306. The Morgan fingerprint density at radius 2 is 2.05 bits per heavy atom. The van der Waals surface area contributed by atoms with E-state index in [9.17, 15) is 9.59 Å². The fourth-order valence-electron chi connectivity index (χ4n) is 1.64. The first-order valence-corrected chi connectivity index (χ1v) is 6.62. The molecule has 1 rings (SSSR count). The minimum Gasteiger partial charge on any atom is -0.493 e. The van der Waals surface area contributed by atoms with Crippen LogP contribution in [0.3, 0.4) is 0 Å². The largest absolute Gasteiger partial charge is 0.493 e. The lowest BCUT2D eigenvalue weighted by molar-refractivity contribution is -0.148. The number of amides is 1. The highest BCUT2D eigenvalue weighted by atomic mass is 16.5. The lowest BCUT2D eigenvalue weighted by atomic mass is 10.2. The van der Waals surface area contributed by atoms with Crippen molar-refractivity contribution in [1.82, 2.24) is 4.90 Å². The molecule has 0 atom stereocenters. The Labute approximate surface area is 119 Å². The maximum Gasteiger partial charge on any atom is 0.325 e. The molecule has 0 heterocycles. The average Bonchev–Trinajstić information content (AvgIpc) is 2.38. The van der Waals surface area contributed by atoms with E-state index in [2.05, 4.69) is 0 Å². The number of likely N-dealkylation sites (N-methyl/N-ethyl adjacent to an activating group) is 1. The van der Waals surface area contributed by atoms with Gasteiger partial charge in [-0.15, -0.1) is 0 Å². The van der Waals surface area contributed by atoms with E-state index < -0.39 is 5.97 Å². The van der Waals surface area contributed by atoms with Gasteiger partial charge >= 0.3 is 5.97 Å². The highest BCUT2D eigenvalue weighted by Gasteiger charge is 2.13. The molecule has 0 saturated heterocycles. The van der Waals surface area contributed by atoms with E-state index in [4.69, 9.17) is 9.47 Å². The summed E-state index contributed by atoms with van der Waals surface area (Å²) in [6.45, 7) is 4.28. The molecule has 0 unspecified atom stereocenters. The number of esters is 1. The van der Waals surface area contributed by atoms with Crippen molar-refractivity contribution in [3.63, 3.8) is 0 Å². The predicted octanol–water partition coefficient (Wildman–Crippen LogP) is 1.79. The quantitative estimate of drug-likeness (QED) is 0.714. The Kier molecular flexibility index (Phi) is 6.56. The van der Waals surface area contributed by atoms with Crippen molar-refractivity contribution >= 4 is 11.9 Å². The van der Waals surface area contributed by atoms with Crippen molar-refractivity contribution in [2.75, 3.05) is 26.8 Å². The molecule has 110 valence electrons. The molecule has 0 aromatic heterocycles. The summed E-state index contributed by atoms with van der Waals surface area (Å²) in [6, 6.07) is 7.64. The van der Waals surface area contributed by atoms with Gasteiger partial charge < -0.3 is 14.4 Å². The molecule has 0 fully saturated rings. The Morgan fingerprint density at radius 3 is 2.70 bits per heavy atom. The zero-order chi connectivity index (χ0) is 15.0. The highest BCUT2D eigenvalue weighted by molar-refractivity contribution is 5.81. The van der Waals surface area contributed by atoms with Crippen LogP contribution < -0.4 is 4.74 Å². The van der Waals surface area contributed by atoms with Gasteiger partial charge in [-0.3, -0.25) is 9.59 Å². The number of hydrogen-bond donors (Lipinski definition) is 0. The van der Waals surface area contributed by atoms with Crippen molar-refractivity contribution in [3.05, 3.63) is 29.8 Å². The van der Waals surface area contributed by atoms with Gasteiger partial charge in [-0.1, -0.05) is 12.1 Å². The first-order valence-electron chi connectivity index (χ1n) is 6.62. The molecule has 0 radical (unpaired) electrons. The summed E-state index contributed by atoms with van der Waals surface area (Å²) < 4.78 is 10.3. The van der Waals surface area contributed by atoms with E-state index in [1.165, 1.54) is 4.90 Å². The van der Waals surface area contributed by atoms with Gasteiger partial charge in [-0.2, -0.15) is 0 Å². The molecule has 20 heavy (non-hydrogen) atoms. The molecule has 0 aliphatic carbocycles. The van der Waals surface area contributed by atoms with Crippen LogP contribution in [-0.2, 0) is 14.3 Å². The molecule has 0 bridgehead atoms. The van der Waals surface area contributed by atoms with E-state index in [0.717, 1.165) is 11.3 Å². The second-order valence-electron chi connectivity index (χ2n) is 4.47. The Bertz CT molecular complexity index is 459. The molecule has 1 aromatic rings. The lowest BCUT2D eigenvalue weighted by Crippen LogP contribution is -2.33. The Balaban J connectivity index is 2.30. The van der Waals surface area contributed by atoms with Crippen molar-refractivity contribution in [2.45, 2.75) is 20.3 Å². The highest BCUT2D eigenvalue weighted by Crippen LogP contribution is 2.12. The van der Waals surface area contributed by atoms with Crippen LogP contribution in [-0.4, -0.2) is 43.6 Å².